The molecule has 1 aromatic carbocycles. The van der Waals surface area contributed by atoms with Gasteiger partial charge in [0.2, 0.25) is 0 Å². The van der Waals surface area contributed by atoms with Crippen LogP contribution in [0.2, 0.25) is 0 Å². The van der Waals surface area contributed by atoms with Gasteiger partial charge in [-0.25, -0.2) is 0 Å². The predicted molar refractivity (Wildman–Crippen MR) is 62.2 cm³/mol. The number of hydrogen-bond donors (Lipinski definition) is 0. The molecule has 2 nitrogen and oxygen atoms in total. The first kappa shape index (κ1) is 10.1. The van der Waals surface area contributed by atoms with E-state index in [9.17, 15) is 4.79 Å². The highest BCUT2D eigenvalue weighted by molar-refractivity contribution is 7.99. The van der Waals surface area contributed by atoms with Gasteiger partial charge in [0.25, 0.3) is 5.56 Å². The molecule has 1 aromatic heterocycles. The summed E-state index contributed by atoms with van der Waals surface area (Å²) in [5.41, 5.74) is 0.0240. The fraction of sp³-hybridized carbons (Fsp3) is 0.0833. The van der Waals surface area contributed by atoms with Crippen LogP contribution in [0.25, 0.3) is 0 Å². The summed E-state index contributed by atoms with van der Waals surface area (Å²) in [5.74, 6) is 0. The second-order valence-electron chi connectivity index (χ2n) is 3.23. The fourth-order valence-electron chi connectivity index (χ4n) is 1.22. The number of benzene rings is 1. The monoisotopic (exact) mass is 217 g/mol. The molecule has 76 valence electrons. The minimum Gasteiger partial charge on any atom is -0.319 e. The minimum atomic E-state index is 0.0240. The normalized spacial score (nSPS) is 10.2. The molecule has 0 fully saturated rings. The van der Waals surface area contributed by atoms with Crippen molar-refractivity contribution in [3.63, 3.8) is 0 Å². The van der Waals surface area contributed by atoms with E-state index in [1.54, 1.807) is 35.6 Å². The van der Waals surface area contributed by atoms with Gasteiger partial charge in [0, 0.05) is 29.1 Å². The Morgan fingerprint density at radius 1 is 1.07 bits per heavy atom. The second kappa shape index (κ2) is 4.36. The smallest absolute Gasteiger partial charge is 0.251 e. The first-order chi connectivity index (χ1) is 7.25. The van der Waals surface area contributed by atoms with E-state index >= 15 is 0 Å². The summed E-state index contributed by atoms with van der Waals surface area (Å²) in [4.78, 5) is 13.5. The van der Waals surface area contributed by atoms with Crippen LogP contribution in [0.4, 0.5) is 0 Å². The van der Waals surface area contributed by atoms with Gasteiger partial charge in [-0.3, -0.25) is 4.79 Å². The van der Waals surface area contributed by atoms with E-state index in [0.717, 1.165) is 9.79 Å². The maximum Gasteiger partial charge on any atom is 0.251 e. The summed E-state index contributed by atoms with van der Waals surface area (Å²) in [6.45, 7) is 0. The predicted octanol–water partition coefficient (Wildman–Crippen LogP) is 2.54. The molecule has 0 N–H and O–H groups in total. The molecule has 0 atom stereocenters. The average molecular weight is 217 g/mol. The molecular formula is C12H11NOS. The van der Waals surface area contributed by atoms with Gasteiger partial charge in [0.1, 0.15) is 0 Å². The number of hydrogen-bond acceptors (Lipinski definition) is 2. The van der Waals surface area contributed by atoms with Gasteiger partial charge in [0.05, 0.1) is 0 Å². The van der Waals surface area contributed by atoms with Crippen molar-refractivity contribution in [1.29, 1.82) is 0 Å². The topological polar surface area (TPSA) is 22.0 Å². The highest BCUT2D eigenvalue weighted by Gasteiger charge is 1.97. The maximum atomic E-state index is 11.4. The third-order valence-electron chi connectivity index (χ3n) is 2.05. The summed E-state index contributed by atoms with van der Waals surface area (Å²) < 4.78 is 1.56. The van der Waals surface area contributed by atoms with E-state index in [4.69, 9.17) is 0 Å². The van der Waals surface area contributed by atoms with Crippen molar-refractivity contribution in [2.75, 3.05) is 0 Å². The molecule has 3 heteroatoms. The lowest BCUT2D eigenvalue weighted by atomic mass is 10.4. The Morgan fingerprint density at radius 3 is 2.47 bits per heavy atom. The number of aryl methyl sites for hydroxylation is 1. The van der Waals surface area contributed by atoms with Crippen molar-refractivity contribution in [3.8, 4) is 0 Å². The third kappa shape index (κ3) is 2.50. The van der Waals surface area contributed by atoms with Gasteiger partial charge >= 0.3 is 0 Å². The largest absolute Gasteiger partial charge is 0.319 e. The first-order valence-corrected chi connectivity index (χ1v) is 5.47. The third-order valence-corrected chi connectivity index (χ3v) is 3.05. The van der Waals surface area contributed by atoms with Crippen molar-refractivity contribution >= 4 is 11.8 Å². The SMILES string of the molecule is Cn1ccc(Sc2ccccc2)cc1=O. The number of nitrogens with zero attached hydrogens (tertiary/aromatic N) is 1. The van der Waals surface area contributed by atoms with E-state index < -0.39 is 0 Å². The van der Waals surface area contributed by atoms with Crippen LogP contribution >= 0.6 is 11.8 Å². The fourth-order valence-corrected chi connectivity index (χ4v) is 2.07. The summed E-state index contributed by atoms with van der Waals surface area (Å²) in [6.07, 6.45) is 1.79. The molecule has 2 aromatic rings. The molecule has 0 spiro atoms. The lowest BCUT2D eigenvalue weighted by Crippen LogP contribution is -2.13. The van der Waals surface area contributed by atoms with Gasteiger partial charge < -0.3 is 4.57 Å². The molecule has 0 aliphatic heterocycles. The standard InChI is InChI=1S/C12H11NOS/c1-13-8-7-11(9-12(13)14)15-10-5-3-2-4-6-10/h2-9H,1H3. The van der Waals surface area contributed by atoms with Crippen molar-refractivity contribution < 1.29 is 0 Å². The van der Waals surface area contributed by atoms with Crippen LogP contribution in [0.3, 0.4) is 0 Å². The van der Waals surface area contributed by atoms with Crippen LogP contribution in [-0.4, -0.2) is 4.57 Å². The highest BCUT2D eigenvalue weighted by Crippen LogP contribution is 2.25. The van der Waals surface area contributed by atoms with Crippen molar-refractivity contribution in [3.05, 3.63) is 59.0 Å². The lowest BCUT2D eigenvalue weighted by Gasteiger charge is -2.01. The van der Waals surface area contributed by atoms with Crippen LogP contribution in [0.15, 0.2) is 63.2 Å². The van der Waals surface area contributed by atoms with Gasteiger partial charge in [-0.15, -0.1) is 0 Å². The molecule has 0 radical (unpaired) electrons. The average Bonchev–Trinajstić information content (AvgIpc) is 2.25. The molecule has 0 amide bonds. The number of pyridine rings is 1. The van der Waals surface area contributed by atoms with Crippen LogP contribution in [0, 0.1) is 0 Å². The molecule has 0 saturated heterocycles. The molecule has 0 aliphatic rings. The molecular weight excluding hydrogens is 206 g/mol. The Labute approximate surface area is 92.6 Å². The van der Waals surface area contributed by atoms with Crippen LogP contribution in [0.1, 0.15) is 0 Å². The number of rotatable bonds is 2. The molecule has 1 heterocycles. The lowest BCUT2D eigenvalue weighted by molar-refractivity contribution is 0.850. The Hall–Kier alpha value is -1.48. The molecule has 0 aliphatic carbocycles. The quantitative estimate of drug-likeness (QED) is 0.771. The zero-order chi connectivity index (χ0) is 10.7. The van der Waals surface area contributed by atoms with E-state index in [1.165, 1.54) is 0 Å². The van der Waals surface area contributed by atoms with Gasteiger partial charge in [-0.05, 0) is 18.2 Å². The minimum absolute atomic E-state index is 0.0240. The Bertz CT molecular complexity index is 505. The number of aromatic nitrogens is 1. The van der Waals surface area contributed by atoms with Crippen LogP contribution in [0.5, 0.6) is 0 Å². The Morgan fingerprint density at radius 2 is 1.80 bits per heavy atom. The zero-order valence-electron chi connectivity index (χ0n) is 8.38. The zero-order valence-corrected chi connectivity index (χ0v) is 9.20. The Kier molecular flexibility index (Phi) is 2.92. The molecule has 0 bridgehead atoms. The first-order valence-electron chi connectivity index (χ1n) is 4.65. The van der Waals surface area contributed by atoms with Crippen LogP contribution < -0.4 is 5.56 Å². The van der Waals surface area contributed by atoms with E-state index in [0.29, 0.717) is 0 Å². The molecule has 2 rings (SSSR count). The summed E-state index contributed by atoms with van der Waals surface area (Å²) in [6, 6.07) is 13.6. The van der Waals surface area contributed by atoms with E-state index in [2.05, 4.69) is 0 Å². The Balaban J connectivity index is 2.26. The van der Waals surface area contributed by atoms with E-state index in [1.807, 2.05) is 36.4 Å². The van der Waals surface area contributed by atoms with Crippen molar-refractivity contribution in [2.45, 2.75) is 9.79 Å². The summed E-state index contributed by atoms with van der Waals surface area (Å²) in [7, 11) is 1.75. The highest BCUT2D eigenvalue weighted by atomic mass is 32.2. The second-order valence-corrected chi connectivity index (χ2v) is 4.37. The summed E-state index contributed by atoms with van der Waals surface area (Å²) >= 11 is 1.60. The molecule has 15 heavy (non-hydrogen) atoms. The molecule has 0 unspecified atom stereocenters. The van der Waals surface area contributed by atoms with E-state index in [-0.39, 0.29) is 5.56 Å². The van der Waals surface area contributed by atoms with Crippen molar-refractivity contribution in [2.24, 2.45) is 7.05 Å². The van der Waals surface area contributed by atoms with Gasteiger partial charge in [-0.2, -0.15) is 0 Å². The molecule has 0 saturated carbocycles. The summed E-state index contributed by atoms with van der Waals surface area (Å²) in [5, 5.41) is 0. The van der Waals surface area contributed by atoms with Gasteiger partial charge in [-0.1, -0.05) is 30.0 Å². The maximum absolute atomic E-state index is 11.4. The van der Waals surface area contributed by atoms with Gasteiger partial charge in [0.15, 0.2) is 0 Å². The van der Waals surface area contributed by atoms with Crippen LogP contribution in [-0.2, 0) is 7.05 Å². The van der Waals surface area contributed by atoms with Crippen molar-refractivity contribution in [1.82, 2.24) is 4.57 Å².